The zero-order chi connectivity index (χ0) is 15.1. The standard InChI is InChI=1S/C15H9FN4S/c16-11-1-5-14(6-2-11)21-15-7-3-12(4-8-15)19-20-13(9-17)10-18/h1-8,19H. The van der Waals surface area contributed by atoms with Crippen LogP contribution in [0.2, 0.25) is 0 Å². The quantitative estimate of drug-likeness (QED) is 0.688. The van der Waals surface area contributed by atoms with Crippen molar-refractivity contribution in [3.63, 3.8) is 0 Å². The Morgan fingerprint density at radius 1 is 0.952 bits per heavy atom. The van der Waals surface area contributed by atoms with Gasteiger partial charge in [0.05, 0.1) is 5.69 Å². The predicted molar refractivity (Wildman–Crippen MR) is 79.2 cm³/mol. The van der Waals surface area contributed by atoms with E-state index in [0.717, 1.165) is 9.79 Å². The van der Waals surface area contributed by atoms with Crippen LogP contribution in [0.3, 0.4) is 0 Å². The Hall–Kier alpha value is -2.83. The first-order chi connectivity index (χ1) is 10.2. The van der Waals surface area contributed by atoms with Crippen molar-refractivity contribution in [2.45, 2.75) is 9.79 Å². The molecule has 0 saturated heterocycles. The van der Waals surface area contributed by atoms with E-state index in [9.17, 15) is 4.39 Å². The molecule has 2 aromatic rings. The maximum Gasteiger partial charge on any atom is 0.237 e. The summed E-state index contributed by atoms with van der Waals surface area (Å²) >= 11 is 1.50. The highest BCUT2D eigenvalue weighted by atomic mass is 32.2. The Kier molecular flexibility index (Phi) is 4.92. The summed E-state index contributed by atoms with van der Waals surface area (Å²) in [4.78, 5) is 1.92. The second kappa shape index (κ2) is 7.09. The van der Waals surface area contributed by atoms with Crippen molar-refractivity contribution in [1.29, 1.82) is 10.5 Å². The first-order valence-corrected chi connectivity index (χ1v) is 6.70. The van der Waals surface area contributed by atoms with Crippen LogP contribution < -0.4 is 5.43 Å². The Bertz CT molecular complexity index is 708. The largest absolute Gasteiger partial charge is 0.277 e. The molecule has 2 aromatic carbocycles. The van der Waals surface area contributed by atoms with Gasteiger partial charge in [-0.1, -0.05) is 11.8 Å². The minimum Gasteiger partial charge on any atom is -0.277 e. The Balaban J connectivity index is 2.03. The molecule has 4 nitrogen and oxygen atoms in total. The number of nitriles is 2. The number of hydrogen-bond donors (Lipinski definition) is 1. The number of nitrogens with one attached hydrogen (secondary N) is 1. The second-order valence-electron chi connectivity index (χ2n) is 3.88. The summed E-state index contributed by atoms with van der Waals surface area (Å²) in [7, 11) is 0. The van der Waals surface area contributed by atoms with E-state index in [1.807, 2.05) is 12.1 Å². The lowest BCUT2D eigenvalue weighted by Crippen LogP contribution is -1.95. The molecule has 2 rings (SSSR count). The van der Waals surface area contributed by atoms with Gasteiger partial charge in [-0.3, -0.25) is 5.43 Å². The Labute approximate surface area is 125 Å². The molecule has 0 fully saturated rings. The summed E-state index contributed by atoms with van der Waals surface area (Å²) in [5, 5.41) is 20.8. The van der Waals surface area contributed by atoms with Crippen molar-refractivity contribution >= 4 is 23.2 Å². The first-order valence-electron chi connectivity index (χ1n) is 5.88. The lowest BCUT2D eigenvalue weighted by atomic mass is 10.3. The molecule has 0 saturated carbocycles. The zero-order valence-electron chi connectivity index (χ0n) is 10.7. The molecule has 0 bridgehead atoms. The highest BCUT2D eigenvalue weighted by molar-refractivity contribution is 7.99. The summed E-state index contributed by atoms with van der Waals surface area (Å²) in [6.45, 7) is 0. The van der Waals surface area contributed by atoms with Crippen LogP contribution in [0, 0.1) is 28.5 Å². The third-order valence-electron chi connectivity index (χ3n) is 2.41. The molecule has 0 heterocycles. The first kappa shape index (κ1) is 14.6. The van der Waals surface area contributed by atoms with Crippen molar-refractivity contribution in [1.82, 2.24) is 0 Å². The fourth-order valence-electron chi connectivity index (χ4n) is 1.43. The van der Waals surface area contributed by atoms with Crippen LogP contribution in [0.5, 0.6) is 0 Å². The third-order valence-corrected chi connectivity index (χ3v) is 3.43. The fourth-order valence-corrected chi connectivity index (χ4v) is 2.25. The van der Waals surface area contributed by atoms with E-state index in [1.165, 1.54) is 23.9 Å². The van der Waals surface area contributed by atoms with Crippen molar-refractivity contribution in [2.75, 3.05) is 5.43 Å². The van der Waals surface area contributed by atoms with Crippen LogP contribution in [-0.4, -0.2) is 5.71 Å². The highest BCUT2D eigenvalue weighted by Crippen LogP contribution is 2.28. The molecule has 0 aliphatic carbocycles. The van der Waals surface area contributed by atoms with Gasteiger partial charge in [0.1, 0.15) is 18.0 Å². The maximum atomic E-state index is 12.8. The normalized spacial score (nSPS) is 9.29. The van der Waals surface area contributed by atoms with Gasteiger partial charge < -0.3 is 0 Å². The molecule has 0 spiro atoms. The van der Waals surface area contributed by atoms with Gasteiger partial charge in [0.25, 0.3) is 0 Å². The zero-order valence-corrected chi connectivity index (χ0v) is 11.6. The molecule has 0 unspecified atom stereocenters. The molecule has 0 amide bonds. The fraction of sp³-hybridized carbons (Fsp3) is 0. The van der Waals surface area contributed by atoms with Crippen LogP contribution in [0.15, 0.2) is 63.4 Å². The van der Waals surface area contributed by atoms with E-state index in [2.05, 4.69) is 10.5 Å². The van der Waals surface area contributed by atoms with E-state index in [0.29, 0.717) is 5.69 Å². The van der Waals surface area contributed by atoms with Crippen molar-refractivity contribution in [3.05, 3.63) is 54.3 Å². The third kappa shape index (κ3) is 4.34. The van der Waals surface area contributed by atoms with Crippen molar-refractivity contribution in [3.8, 4) is 12.1 Å². The topological polar surface area (TPSA) is 72.0 Å². The molecule has 0 atom stereocenters. The summed E-state index contributed by atoms with van der Waals surface area (Å²) in [5.74, 6) is -0.262. The van der Waals surface area contributed by atoms with Gasteiger partial charge >= 0.3 is 0 Å². The molecule has 6 heteroatoms. The minimum absolute atomic E-state index is 0.236. The summed E-state index contributed by atoms with van der Waals surface area (Å²) < 4.78 is 12.8. The maximum absolute atomic E-state index is 12.8. The number of nitrogens with zero attached hydrogens (tertiary/aromatic N) is 3. The van der Waals surface area contributed by atoms with E-state index in [-0.39, 0.29) is 11.5 Å². The molecular weight excluding hydrogens is 287 g/mol. The van der Waals surface area contributed by atoms with E-state index >= 15 is 0 Å². The smallest absolute Gasteiger partial charge is 0.237 e. The number of rotatable bonds is 4. The predicted octanol–water partition coefficient (Wildman–Crippen LogP) is 3.79. The van der Waals surface area contributed by atoms with Gasteiger partial charge in [0.15, 0.2) is 0 Å². The van der Waals surface area contributed by atoms with Crippen molar-refractivity contribution < 1.29 is 4.39 Å². The Morgan fingerprint density at radius 2 is 1.48 bits per heavy atom. The van der Waals surface area contributed by atoms with Crippen LogP contribution in [0.25, 0.3) is 0 Å². The van der Waals surface area contributed by atoms with Crippen LogP contribution in [0.4, 0.5) is 10.1 Å². The molecule has 1 N–H and O–H groups in total. The monoisotopic (exact) mass is 296 g/mol. The summed E-state index contributed by atoms with van der Waals surface area (Å²) in [5.41, 5.74) is 3.06. The minimum atomic E-state index is -0.262. The van der Waals surface area contributed by atoms with Gasteiger partial charge in [-0.05, 0) is 48.5 Å². The SMILES string of the molecule is N#CC(C#N)=NNc1ccc(Sc2ccc(F)cc2)cc1. The molecule has 102 valence electrons. The average molecular weight is 296 g/mol. The molecule has 0 aliphatic rings. The molecule has 21 heavy (non-hydrogen) atoms. The number of anilines is 1. The van der Waals surface area contributed by atoms with E-state index in [4.69, 9.17) is 10.5 Å². The number of benzene rings is 2. The van der Waals surface area contributed by atoms with Crippen LogP contribution in [-0.2, 0) is 0 Å². The lowest BCUT2D eigenvalue weighted by molar-refractivity contribution is 0.626. The molecule has 0 aromatic heterocycles. The number of hydrazone groups is 1. The summed E-state index contributed by atoms with van der Waals surface area (Å²) in [6.07, 6.45) is 0. The van der Waals surface area contributed by atoms with E-state index < -0.39 is 0 Å². The molecule has 0 aliphatic heterocycles. The van der Waals surface area contributed by atoms with Crippen LogP contribution >= 0.6 is 11.8 Å². The second-order valence-corrected chi connectivity index (χ2v) is 5.02. The van der Waals surface area contributed by atoms with Gasteiger partial charge in [0.2, 0.25) is 5.71 Å². The van der Waals surface area contributed by atoms with Crippen molar-refractivity contribution in [2.24, 2.45) is 5.10 Å². The number of halogens is 1. The summed E-state index contributed by atoms with van der Waals surface area (Å²) in [6, 6.07) is 16.9. The van der Waals surface area contributed by atoms with Gasteiger partial charge in [0, 0.05) is 9.79 Å². The highest BCUT2D eigenvalue weighted by Gasteiger charge is 1.99. The van der Waals surface area contributed by atoms with Gasteiger partial charge in [-0.15, -0.1) is 0 Å². The molecule has 0 radical (unpaired) electrons. The van der Waals surface area contributed by atoms with Gasteiger partial charge in [-0.2, -0.15) is 15.6 Å². The Morgan fingerprint density at radius 3 is 2.00 bits per heavy atom. The lowest BCUT2D eigenvalue weighted by Gasteiger charge is -2.03. The van der Waals surface area contributed by atoms with Crippen LogP contribution in [0.1, 0.15) is 0 Å². The van der Waals surface area contributed by atoms with Gasteiger partial charge in [-0.25, -0.2) is 4.39 Å². The van der Waals surface area contributed by atoms with E-state index in [1.54, 1.807) is 36.4 Å². The average Bonchev–Trinajstić information content (AvgIpc) is 2.52. The number of hydrogen-bond acceptors (Lipinski definition) is 5. The molecular formula is C15H9FN4S.